The minimum atomic E-state index is -0.367. The molecule has 0 bridgehead atoms. The molecule has 1 aromatic heterocycles. The van der Waals surface area contributed by atoms with E-state index in [1.165, 1.54) is 0 Å². The second-order valence-corrected chi connectivity index (χ2v) is 4.65. The van der Waals surface area contributed by atoms with Crippen LogP contribution in [0, 0.1) is 6.92 Å². The lowest BCUT2D eigenvalue weighted by atomic mass is 10.1. The zero-order valence-corrected chi connectivity index (χ0v) is 11.8. The van der Waals surface area contributed by atoms with Crippen molar-refractivity contribution in [1.29, 1.82) is 0 Å². The summed E-state index contributed by atoms with van der Waals surface area (Å²) in [5.41, 5.74) is 1.47. The van der Waals surface area contributed by atoms with Gasteiger partial charge < -0.3 is 14.8 Å². The van der Waals surface area contributed by atoms with Crippen molar-refractivity contribution in [3.63, 3.8) is 0 Å². The Kier molecular flexibility index (Phi) is 4.20. The van der Waals surface area contributed by atoms with Crippen LogP contribution < -0.4 is 5.56 Å². The van der Waals surface area contributed by atoms with Gasteiger partial charge in [-0.3, -0.25) is 4.79 Å². The minimum Gasteiger partial charge on any atom is -0.493 e. The van der Waals surface area contributed by atoms with E-state index in [2.05, 4.69) is 9.97 Å². The first-order chi connectivity index (χ1) is 9.56. The van der Waals surface area contributed by atoms with Gasteiger partial charge in [-0.2, -0.15) is 4.98 Å². The molecule has 0 aliphatic heterocycles. The van der Waals surface area contributed by atoms with Crippen LogP contribution in [0.1, 0.15) is 30.8 Å². The summed E-state index contributed by atoms with van der Waals surface area (Å²) in [4.78, 5) is 18.9. The third-order valence-electron chi connectivity index (χ3n) is 3.19. The van der Waals surface area contributed by atoms with Crippen LogP contribution in [0.5, 0.6) is 5.88 Å². The van der Waals surface area contributed by atoms with E-state index in [-0.39, 0.29) is 23.1 Å². The maximum absolute atomic E-state index is 12.2. The fourth-order valence-electron chi connectivity index (χ4n) is 2.16. The number of hydrogen-bond donors (Lipinski definition) is 2. The molecule has 5 heteroatoms. The van der Waals surface area contributed by atoms with E-state index in [9.17, 15) is 9.90 Å². The predicted octanol–water partition coefficient (Wildman–Crippen LogP) is 2.55. The van der Waals surface area contributed by atoms with Crippen LogP contribution in [0.2, 0.25) is 0 Å². The number of methoxy groups -OCH3 is 1. The first-order valence-electron chi connectivity index (χ1n) is 6.49. The number of aromatic hydroxyl groups is 1. The van der Waals surface area contributed by atoms with Crippen LogP contribution in [0.4, 0.5) is 0 Å². The third-order valence-corrected chi connectivity index (χ3v) is 3.19. The molecule has 2 rings (SSSR count). The van der Waals surface area contributed by atoms with Crippen molar-refractivity contribution in [1.82, 2.24) is 9.97 Å². The van der Waals surface area contributed by atoms with E-state index in [4.69, 9.17) is 4.74 Å². The summed E-state index contributed by atoms with van der Waals surface area (Å²) in [6.45, 7) is 3.84. The van der Waals surface area contributed by atoms with E-state index in [0.29, 0.717) is 17.8 Å². The van der Waals surface area contributed by atoms with Crippen molar-refractivity contribution in [2.45, 2.75) is 26.4 Å². The molecule has 0 fully saturated rings. The highest BCUT2D eigenvalue weighted by Crippen LogP contribution is 2.26. The first-order valence-corrected chi connectivity index (χ1v) is 6.49. The van der Waals surface area contributed by atoms with Crippen molar-refractivity contribution < 1.29 is 9.84 Å². The molecule has 0 aliphatic rings. The van der Waals surface area contributed by atoms with E-state index < -0.39 is 0 Å². The van der Waals surface area contributed by atoms with Gasteiger partial charge in [-0.15, -0.1) is 0 Å². The van der Waals surface area contributed by atoms with Gasteiger partial charge in [-0.25, -0.2) is 0 Å². The number of ether oxygens (including phenoxy) is 1. The monoisotopic (exact) mass is 274 g/mol. The van der Waals surface area contributed by atoms with Gasteiger partial charge in [0.25, 0.3) is 5.56 Å². The summed E-state index contributed by atoms with van der Waals surface area (Å²) < 4.78 is 5.22. The molecule has 106 valence electrons. The normalized spacial score (nSPS) is 12.3. The lowest BCUT2D eigenvalue weighted by molar-refractivity contribution is 0.0918. The smallest absolute Gasteiger partial charge is 0.262 e. The molecule has 2 aromatic rings. The highest BCUT2D eigenvalue weighted by atomic mass is 16.5. The number of aryl methyl sites for hydroxylation is 1. The average molecular weight is 274 g/mol. The molecular formula is C15H18N2O3. The zero-order valence-electron chi connectivity index (χ0n) is 11.8. The molecule has 1 aromatic carbocycles. The Morgan fingerprint density at radius 1 is 1.45 bits per heavy atom. The van der Waals surface area contributed by atoms with E-state index in [0.717, 1.165) is 5.56 Å². The number of aromatic nitrogens is 2. The Balaban J connectivity index is 2.55. The first kappa shape index (κ1) is 14.3. The third kappa shape index (κ3) is 2.72. The van der Waals surface area contributed by atoms with Gasteiger partial charge >= 0.3 is 0 Å². The predicted molar refractivity (Wildman–Crippen MR) is 76.7 cm³/mol. The highest BCUT2D eigenvalue weighted by molar-refractivity contribution is 5.67. The Bertz CT molecular complexity index is 660. The van der Waals surface area contributed by atoms with Gasteiger partial charge in [0.15, 0.2) is 0 Å². The molecule has 20 heavy (non-hydrogen) atoms. The summed E-state index contributed by atoms with van der Waals surface area (Å²) in [7, 11) is 1.54. The molecule has 1 unspecified atom stereocenters. The zero-order chi connectivity index (χ0) is 14.7. The summed E-state index contributed by atoms with van der Waals surface area (Å²) >= 11 is 0. The van der Waals surface area contributed by atoms with Gasteiger partial charge in [0, 0.05) is 7.11 Å². The standard InChI is InChI=1S/C15H18N2O3/c1-4-11(20-3)13-16-14(18)12(15(19)17-13)10-7-5-6-9(2)8-10/h5-8,11H,4H2,1-3H3,(H2,16,17,18,19). The van der Waals surface area contributed by atoms with E-state index in [1.54, 1.807) is 13.2 Å². The Labute approximate surface area is 117 Å². The van der Waals surface area contributed by atoms with Crippen LogP contribution >= 0.6 is 0 Å². The van der Waals surface area contributed by atoms with Crippen molar-refractivity contribution in [2.24, 2.45) is 0 Å². The number of H-pyrrole nitrogens is 1. The van der Waals surface area contributed by atoms with E-state index in [1.807, 2.05) is 32.0 Å². The largest absolute Gasteiger partial charge is 0.493 e. The van der Waals surface area contributed by atoms with Crippen LogP contribution in [0.25, 0.3) is 11.1 Å². The second kappa shape index (κ2) is 5.88. The molecule has 5 nitrogen and oxygen atoms in total. The molecule has 0 aliphatic carbocycles. The Morgan fingerprint density at radius 2 is 2.20 bits per heavy atom. The molecule has 0 amide bonds. The maximum atomic E-state index is 12.2. The quantitative estimate of drug-likeness (QED) is 0.898. The van der Waals surface area contributed by atoms with Crippen molar-refractivity contribution >= 4 is 0 Å². The maximum Gasteiger partial charge on any atom is 0.262 e. The molecule has 0 saturated carbocycles. The number of hydrogen-bond acceptors (Lipinski definition) is 4. The van der Waals surface area contributed by atoms with Crippen molar-refractivity contribution in [3.05, 3.63) is 46.0 Å². The van der Waals surface area contributed by atoms with Gasteiger partial charge in [0.1, 0.15) is 17.5 Å². The average Bonchev–Trinajstić information content (AvgIpc) is 2.39. The molecule has 0 spiro atoms. The van der Waals surface area contributed by atoms with Crippen LogP contribution in [0.3, 0.4) is 0 Å². The molecule has 0 radical (unpaired) electrons. The van der Waals surface area contributed by atoms with Crippen molar-refractivity contribution in [2.75, 3.05) is 7.11 Å². The number of rotatable bonds is 4. The summed E-state index contributed by atoms with van der Waals surface area (Å²) in [5, 5.41) is 10.1. The Hall–Kier alpha value is -2.14. The second-order valence-electron chi connectivity index (χ2n) is 4.65. The molecule has 0 saturated heterocycles. The van der Waals surface area contributed by atoms with Gasteiger partial charge in [-0.05, 0) is 18.9 Å². The van der Waals surface area contributed by atoms with Crippen LogP contribution in [-0.2, 0) is 4.74 Å². The van der Waals surface area contributed by atoms with Crippen LogP contribution in [-0.4, -0.2) is 22.2 Å². The summed E-state index contributed by atoms with van der Waals surface area (Å²) in [6.07, 6.45) is 0.322. The van der Waals surface area contributed by atoms with Gasteiger partial charge in [-0.1, -0.05) is 36.8 Å². The number of nitrogens with one attached hydrogen (secondary N) is 1. The topological polar surface area (TPSA) is 75.2 Å². The summed E-state index contributed by atoms with van der Waals surface area (Å²) in [6, 6.07) is 7.36. The molecule has 1 heterocycles. The number of aromatic amines is 1. The number of benzene rings is 1. The fraction of sp³-hybridized carbons (Fsp3) is 0.333. The molecule has 1 atom stereocenters. The highest BCUT2D eigenvalue weighted by Gasteiger charge is 2.17. The minimum absolute atomic E-state index is 0.184. The lowest BCUT2D eigenvalue weighted by Gasteiger charge is -2.13. The van der Waals surface area contributed by atoms with Crippen LogP contribution in [0.15, 0.2) is 29.1 Å². The van der Waals surface area contributed by atoms with Gasteiger partial charge in [0.2, 0.25) is 5.88 Å². The number of nitrogens with zero attached hydrogens (tertiary/aromatic N) is 1. The molecule has 2 N–H and O–H groups in total. The van der Waals surface area contributed by atoms with E-state index >= 15 is 0 Å². The van der Waals surface area contributed by atoms with Crippen molar-refractivity contribution in [3.8, 4) is 17.0 Å². The van der Waals surface area contributed by atoms with Gasteiger partial charge in [0.05, 0.1) is 0 Å². The fourth-order valence-corrected chi connectivity index (χ4v) is 2.16. The molecular weight excluding hydrogens is 256 g/mol. The summed E-state index contributed by atoms with van der Waals surface area (Å²) in [5.74, 6) is 0.0683. The lowest BCUT2D eigenvalue weighted by Crippen LogP contribution is -2.17. The SMILES string of the molecule is CCC(OC)c1nc(O)c(-c2cccc(C)c2)c(=O)[nH]1. The Morgan fingerprint density at radius 3 is 2.75 bits per heavy atom.